The number of aromatic nitrogens is 6. The average molecular weight is 455 g/mol. The molecule has 1 aliphatic rings. The number of carbonyl (C=O) groups is 2. The first-order valence-electron chi connectivity index (χ1n) is 10.7. The van der Waals surface area contributed by atoms with Crippen LogP contribution in [0.15, 0.2) is 24.4 Å². The molecule has 4 rings (SSSR count). The fourth-order valence-electron chi connectivity index (χ4n) is 3.88. The molecule has 0 bridgehead atoms. The first-order chi connectivity index (χ1) is 15.5. The van der Waals surface area contributed by atoms with Crippen molar-refractivity contribution in [1.82, 2.24) is 30.2 Å². The van der Waals surface area contributed by atoms with Crippen LogP contribution >= 0.6 is 11.3 Å². The minimum Gasteiger partial charge on any atom is -0.309 e. The molecule has 11 heteroatoms. The molecule has 0 aromatic carbocycles. The lowest BCUT2D eigenvalue weighted by Crippen LogP contribution is -2.14. The molecule has 0 aliphatic heterocycles. The van der Waals surface area contributed by atoms with Crippen molar-refractivity contribution in [2.45, 2.75) is 51.4 Å². The molecule has 3 aromatic rings. The quantitative estimate of drug-likeness (QED) is 0.535. The molecule has 2 N–H and O–H groups in total. The summed E-state index contributed by atoms with van der Waals surface area (Å²) >= 11 is 1.44. The zero-order valence-corrected chi connectivity index (χ0v) is 18.9. The predicted octanol–water partition coefficient (Wildman–Crippen LogP) is 2.72. The van der Waals surface area contributed by atoms with Crippen LogP contribution in [0.4, 0.5) is 10.9 Å². The summed E-state index contributed by atoms with van der Waals surface area (Å²) in [6.45, 7) is 1.80. The van der Waals surface area contributed by atoms with Gasteiger partial charge in [-0.25, -0.2) is 0 Å². The molecule has 1 aliphatic carbocycles. The lowest BCUT2D eigenvalue weighted by molar-refractivity contribution is -0.116. The number of hydrogen-bond acceptors (Lipinski definition) is 8. The minimum atomic E-state index is -0.146. The number of nitrogens with zero attached hydrogens (tertiary/aromatic N) is 6. The Balaban J connectivity index is 1.27. The van der Waals surface area contributed by atoms with Crippen molar-refractivity contribution < 1.29 is 9.59 Å². The Bertz CT molecular complexity index is 1080. The van der Waals surface area contributed by atoms with Gasteiger partial charge in [0.25, 0.3) is 0 Å². The molecule has 10 nitrogen and oxygen atoms in total. The van der Waals surface area contributed by atoms with Gasteiger partial charge >= 0.3 is 0 Å². The summed E-state index contributed by atoms with van der Waals surface area (Å²) in [4.78, 5) is 23.7. The van der Waals surface area contributed by atoms with Crippen LogP contribution in [0.2, 0.25) is 0 Å². The van der Waals surface area contributed by atoms with Crippen molar-refractivity contribution in [2.75, 3.05) is 10.6 Å². The summed E-state index contributed by atoms with van der Waals surface area (Å²) in [7, 11) is 1.82. The van der Waals surface area contributed by atoms with Crippen molar-refractivity contribution in [3.8, 4) is 0 Å². The number of hydrogen-bond donors (Lipinski definition) is 2. The van der Waals surface area contributed by atoms with E-state index in [1.54, 1.807) is 17.7 Å². The van der Waals surface area contributed by atoms with Crippen LogP contribution in [0.5, 0.6) is 0 Å². The van der Waals surface area contributed by atoms with E-state index in [4.69, 9.17) is 0 Å². The molecule has 0 radical (unpaired) electrons. The first kappa shape index (κ1) is 22.0. The van der Waals surface area contributed by atoms with Gasteiger partial charge in [0, 0.05) is 25.6 Å². The molecule has 32 heavy (non-hydrogen) atoms. The van der Waals surface area contributed by atoms with Crippen molar-refractivity contribution >= 4 is 34.1 Å². The van der Waals surface area contributed by atoms with E-state index < -0.39 is 0 Å². The third-order valence-corrected chi connectivity index (χ3v) is 6.50. The maximum atomic E-state index is 12.2. The number of amides is 2. The summed E-state index contributed by atoms with van der Waals surface area (Å²) in [5.74, 6) is 1.10. The number of aryl methyl sites for hydroxylation is 1. The van der Waals surface area contributed by atoms with Gasteiger partial charge < -0.3 is 10.6 Å². The molecule has 2 amide bonds. The predicted molar refractivity (Wildman–Crippen MR) is 120 cm³/mol. The number of anilines is 2. The molecule has 0 unspecified atom stereocenters. The van der Waals surface area contributed by atoms with E-state index in [-0.39, 0.29) is 18.2 Å². The summed E-state index contributed by atoms with van der Waals surface area (Å²) < 4.78 is 1.67. The Labute approximate surface area is 189 Å². The second-order valence-corrected chi connectivity index (χ2v) is 9.05. The Kier molecular flexibility index (Phi) is 6.84. The van der Waals surface area contributed by atoms with E-state index >= 15 is 0 Å². The molecule has 1 fully saturated rings. The normalized spacial score (nSPS) is 17.9. The molecule has 3 aromatic heterocycles. The molecular weight excluding hydrogens is 428 g/mol. The monoisotopic (exact) mass is 454 g/mol. The van der Waals surface area contributed by atoms with E-state index in [2.05, 4.69) is 36.1 Å². The average Bonchev–Trinajstić information content (AvgIpc) is 3.51. The van der Waals surface area contributed by atoms with Gasteiger partial charge in [0.05, 0.1) is 17.8 Å². The maximum absolute atomic E-state index is 12.2. The van der Waals surface area contributed by atoms with Gasteiger partial charge in [0.15, 0.2) is 5.82 Å². The standard InChI is InChI=1S/C21H26N8O2S/c1-3-18(30)22-17-7-6-15(24-25-17)11-13-4-5-14(10-13)20-26-27-21(32-20)23-19(31)12-16-8-9-29(2)28-16/h6-9,13-14H,3-5,10-12H2,1-2H3,(H,22,25,30)(H,23,27,31)/t13-,14+/m0/s1. The Morgan fingerprint density at radius 3 is 2.66 bits per heavy atom. The number of rotatable bonds is 8. The fourth-order valence-corrected chi connectivity index (χ4v) is 4.79. The zero-order chi connectivity index (χ0) is 22.5. The molecule has 0 saturated heterocycles. The summed E-state index contributed by atoms with van der Waals surface area (Å²) in [5, 5.41) is 28.1. The second-order valence-electron chi connectivity index (χ2n) is 8.04. The van der Waals surface area contributed by atoms with Crippen LogP contribution in [-0.2, 0) is 29.5 Å². The van der Waals surface area contributed by atoms with Crippen molar-refractivity contribution in [3.63, 3.8) is 0 Å². The smallest absolute Gasteiger partial charge is 0.232 e. The Morgan fingerprint density at radius 2 is 1.94 bits per heavy atom. The Morgan fingerprint density at radius 1 is 1.06 bits per heavy atom. The highest BCUT2D eigenvalue weighted by molar-refractivity contribution is 7.15. The van der Waals surface area contributed by atoms with Crippen molar-refractivity contribution in [2.24, 2.45) is 13.0 Å². The van der Waals surface area contributed by atoms with E-state index in [0.29, 0.717) is 29.2 Å². The van der Waals surface area contributed by atoms with Gasteiger partial charge in [-0.05, 0) is 49.8 Å². The van der Waals surface area contributed by atoms with Gasteiger partial charge in [-0.1, -0.05) is 18.3 Å². The fraction of sp³-hybridized carbons (Fsp3) is 0.476. The van der Waals surface area contributed by atoms with Crippen molar-refractivity contribution in [1.29, 1.82) is 0 Å². The summed E-state index contributed by atoms with van der Waals surface area (Å²) in [6.07, 6.45) is 6.41. The van der Waals surface area contributed by atoms with E-state index in [1.807, 2.05) is 25.4 Å². The SMILES string of the molecule is CCC(=O)Nc1ccc(C[C@H]2CC[C@@H](c3nnc(NC(=O)Cc4ccn(C)n4)s3)C2)nn1. The highest BCUT2D eigenvalue weighted by atomic mass is 32.1. The highest BCUT2D eigenvalue weighted by Crippen LogP contribution is 2.41. The molecule has 168 valence electrons. The molecule has 3 heterocycles. The first-order valence-corrected chi connectivity index (χ1v) is 11.5. The van der Waals surface area contributed by atoms with E-state index in [1.165, 1.54) is 11.3 Å². The van der Waals surface area contributed by atoms with Gasteiger partial charge in [-0.3, -0.25) is 14.3 Å². The van der Waals surface area contributed by atoms with E-state index in [0.717, 1.165) is 42.1 Å². The van der Waals surface area contributed by atoms with Crippen LogP contribution in [0.1, 0.15) is 54.9 Å². The van der Waals surface area contributed by atoms with Crippen LogP contribution < -0.4 is 10.6 Å². The molecule has 1 saturated carbocycles. The van der Waals surface area contributed by atoms with Crippen LogP contribution in [0.3, 0.4) is 0 Å². The van der Waals surface area contributed by atoms with Gasteiger partial charge in [-0.15, -0.1) is 15.3 Å². The van der Waals surface area contributed by atoms with Crippen LogP contribution in [0.25, 0.3) is 0 Å². The zero-order valence-electron chi connectivity index (χ0n) is 18.1. The van der Waals surface area contributed by atoms with Gasteiger partial charge in [0.2, 0.25) is 16.9 Å². The lowest BCUT2D eigenvalue weighted by atomic mass is 10.00. The van der Waals surface area contributed by atoms with Gasteiger partial charge in [-0.2, -0.15) is 10.2 Å². The van der Waals surface area contributed by atoms with Crippen molar-refractivity contribution in [3.05, 3.63) is 40.8 Å². The number of carbonyl (C=O) groups excluding carboxylic acids is 2. The van der Waals surface area contributed by atoms with Crippen LogP contribution in [0, 0.1) is 5.92 Å². The largest absolute Gasteiger partial charge is 0.309 e. The second kappa shape index (κ2) is 9.94. The lowest BCUT2D eigenvalue weighted by Gasteiger charge is -2.09. The van der Waals surface area contributed by atoms with Gasteiger partial charge in [0.1, 0.15) is 5.01 Å². The molecule has 2 atom stereocenters. The molecule has 0 spiro atoms. The third-order valence-electron chi connectivity index (χ3n) is 5.49. The third kappa shape index (κ3) is 5.72. The highest BCUT2D eigenvalue weighted by Gasteiger charge is 2.29. The summed E-state index contributed by atoms with van der Waals surface area (Å²) in [6, 6.07) is 5.54. The maximum Gasteiger partial charge on any atom is 0.232 e. The Hall–Kier alpha value is -3.21. The number of nitrogens with one attached hydrogen (secondary N) is 2. The topological polar surface area (TPSA) is 128 Å². The minimum absolute atomic E-state index is 0.0740. The summed E-state index contributed by atoms with van der Waals surface area (Å²) in [5.41, 5.74) is 1.64. The van der Waals surface area contributed by atoms with Crippen LogP contribution in [-0.4, -0.2) is 42.0 Å². The molecular formula is C21H26N8O2S. The van der Waals surface area contributed by atoms with E-state index in [9.17, 15) is 9.59 Å².